The highest BCUT2D eigenvalue weighted by Gasteiger charge is 2.45. The lowest BCUT2D eigenvalue weighted by molar-refractivity contribution is -0.131. The summed E-state index contributed by atoms with van der Waals surface area (Å²) in [5.74, 6) is -3.74. The average Bonchev–Trinajstić information content (AvgIpc) is 2.46. The van der Waals surface area contributed by atoms with Crippen molar-refractivity contribution < 1.29 is 26.7 Å². The minimum Gasteiger partial charge on any atom is -0.282 e. The third kappa shape index (κ3) is 6.03. The Kier molecular flexibility index (Phi) is 7.14. The van der Waals surface area contributed by atoms with Crippen LogP contribution in [-0.4, -0.2) is 29.4 Å². The SMILES string of the molecule is O=C(SCCCCC(F)(F)C(F)C(F)F)c1ccccc1. The van der Waals surface area contributed by atoms with E-state index in [1.165, 1.54) is 0 Å². The Balaban J connectivity index is 2.24. The number of halogens is 5. The molecule has 0 aromatic heterocycles. The summed E-state index contributed by atoms with van der Waals surface area (Å²) in [7, 11) is 0. The number of carbonyl (C=O) groups is 1. The van der Waals surface area contributed by atoms with Gasteiger partial charge in [0.1, 0.15) is 0 Å². The van der Waals surface area contributed by atoms with Crippen molar-refractivity contribution in [2.24, 2.45) is 0 Å². The fourth-order valence-corrected chi connectivity index (χ4v) is 2.44. The van der Waals surface area contributed by atoms with Gasteiger partial charge in [-0.05, 0) is 12.8 Å². The molecule has 0 aliphatic rings. The molecule has 0 saturated carbocycles. The van der Waals surface area contributed by atoms with E-state index in [0.717, 1.165) is 11.8 Å². The maximum absolute atomic E-state index is 13.0. The Morgan fingerprint density at radius 2 is 1.71 bits per heavy atom. The van der Waals surface area contributed by atoms with Crippen molar-refractivity contribution in [1.82, 2.24) is 0 Å². The van der Waals surface area contributed by atoms with Gasteiger partial charge in [-0.25, -0.2) is 22.0 Å². The monoisotopic (exact) mass is 326 g/mol. The molecule has 1 aromatic carbocycles. The van der Waals surface area contributed by atoms with Gasteiger partial charge in [-0.3, -0.25) is 4.79 Å². The van der Waals surface area contributed by atoms with Gasteiger partial charge in [-0.15, -0.1) is 0 Å². The van der Waals surface area contributed by atoms with E-state index in [4.69, 9.17) is 0 Å². The molecule has 0 fully saturated rings. The van der Waals surface area contributed by atoms with Gasteiger partial charge >= 0.3 is 0 Å². The van der Waals surface area contributed by atoms with Crippen LogP contribution in [0.4, 0.5) is 22.0 Å². The Bertz CT molecular complexity index is 438. The summed E-state index contributed by atoms with van der Waals surface area (Å²) >= 11 is 0.969. The zero-order valence-electron chi connectivity index (χ0n) is 11.1. The van der Waals surface area contributed by atoms with Crippen molar-refractivity contribution in [3.8, 4) is 0 Å². The summed E-state index contributed by atoms with van der Waals surface area (Å²) in [5, 5.41) is -0.182. The third-order valence-electron chi connectivity index (χ3n) is 2.77. The number of thioether (sulfide) groups is 1. The molecule has 0 aliphatic carbocycles. The van der Waals surface area contributed by atoms with Crippen LogP contribution in [0.15, 0.2) is 30.3 Å². The predicted octanol–water partition coefficient (Wildman–Crippen LogP) is 4.97. The molecule has 21 heavy (non-hydrogen) atoms. The van der Waals surface area contributed by atoms with Gasteiger partial charge in [0.25, 0.3) is 12.3 Å². The Hall–Kier alpha value is -1.11. The van der Waals surface area contributed by atoms with Gasteiger partial charge in [0.2, 0.25) is 11.3 Å². The van der Waals surface area contributed by atoms with Crippen molar-refractivity contribution >= 4 is 16.9 Å². The van der Waals surface area contributed by atoms with Crippen molar-refractivity contribution in [2.45, 2.75) is 37.8 Å². The zero-order chi connectivity index (χ0) is 15.9. The zero-order valence-corrected chi connectivity index (χ0v) is 11.9. The second-order valence-corrected chi connectivity index (χ2v) is 5.52. The van der Waals surface area contributed by atoms with Crippen LogP contribution in [0.5, 0.6) is 0 Å². The first-order valence-electron chi connectivity index (χ1n) is 6.37. The molecule has 1 unspecified atom stereocenters. The van der Waals surface area contributed by atoms with Crippen LogP contribution in [0.1, 0.15) is 29.6 Å². The summed E-state index contributed by atoms with van der Waals surface area (Å²) in [4.78, 5) is 11.7. The minimum absolute atomic E-state index is 0.116. The van der Waals surface area contributed by atoms with Crippen LogP contribution in [0.3, 0.4) is 0 Å². The van der Waals surface area contributed by atoms with Crippen LogP contribution >= 0.6 is 11.8 Å². The molecule has 1 atom stereocenters. The molecular formula is C14H15F5OS. The lowest BCUT2D eigenvalue weighted by Crippen LogP contribution is -2.35. The largest absolute Gasteiger partial charge is 0.284 e. The molecular weight excluding hydrogens is 311 g/mol. The van der Waals surface area contributed by atoms with Gasteiger partial charge in [0.05, 0.1) is 0 Å². The average molecular weight is 326 g/mol. The first-order valence-corrected chi connectivity index (χ1v) is 7.35. The van der Waals surface area contributed by atoms with Gasteiger partial charge in [0.15, 0.2) is 0 Å². The summed E-state index contributed by atoms with van der Waals surface area (Å²) in [6, 6.07) is 8.46. The second kappa shape index (κ2) is 8.36. The third-order valence-corrected chi connectivity index (χ3v) is 3.76. The highest BCUT2D eigenvalue weighted by molar-refractivity contribution is 8.14. The van der Waals surface area contributed by atoms with E-state index >= 15 is 0 Å². The first-order chi connectivity index (χ1) is 9.84. The standard InChI is InChI=1S/C14H15F5OS/c15-11(12(16)17)14(18,19)8-4-5-9-21-13(20)10-6-2-1-3-7-10/h1-3,6-7,11-12H,4-5,8-9H2. The molecule has 1 nitrogen and oxygen atoms in total. The number of hydrogen-bond donors (Lipinski definition) is 0. The second-order valence-electron chi connectivity index (χ2n) is 4.46. The first kappa shape index (κ1) is 17.9. The maximum Gasteiger partial charge on any atom is 0.284 e. The van der Waals surface area contributed by atoms with Gasteiger partial charge in [-0.1, -0.05) is 42.1 Å². The normalized spacial score (nSPS) is 13.4. The predicted molar refractivity (Wildman–Crippen MR) is 72.9 cm³/mol. The number of hydrogen-bond acceptors (Lipinski definition) is 2. The molecule has 0 bridgehead atoms. The fourth-order valence-electron chi connectivity index (χ4n) is 1.61. The van der Waals surface area contributed by atoms with Crippen LogP contribution in [0, 0.1) is 0 Å². The Labute approximate surface area is 123 Å². The summed E-state index contributed by atoms with van der Waals surface area (Å²) < 4.78 is 62.4. The number of unbranched alkanes of at least 4 members (excludes halogenated alkanes) is 1. The summed E-state index contributed by atoms with van der Waals surface area (Å²) in [6.45, 7) is 0. The van der Waals surface area contributed by atoms with Crippen LogP contribution in [0.25, 0.3) is 0 Å². The lowest BCUT2D eigenvalue weighted by Gasteiger charge is -2.19. The Morgan fingerprint density at radius 3 is 2.29 bits per heavy atom. The van der Waals surface area contributed by atoms with Crippen molar-refractivity contribution in [1.29, 1.82) is 0 Å². The molecule has 0 saturated heterocycles. The van der Waals surface area contributed by atoms with E-state index in [9.17, 15) is 26.7 Å². The number of carbonyl (C=O) groups excluding carboxylic acids is 1. The molecule has 1 rings (SSSR count). The molecule has 7 heteroatoms. The summed E-state index contributed by atoms with van der Waals surface area (Å²) in [6.07, 6.45) is -7.95. The van der Waals surface area contributed by atoms with Crippen LogP contribution < -0.4 is 0 Å². The van der Waals surface area contributed by atoms with E-state index in [1.54, 1.807) is 30.3 Å². The van der Waals surface area contributed by atoms with Crippen molar-refractivity contribution in [2.75, 3.05) is 5.75 Å². The van der Waals surface area contributed by atoms with Crippen molar-refractivity contribution in [3.05, 3.63) is 35.9 Å². The smallest absolute Gasteiger partial charge is 0.282 e. The molecule has 1 aromatic rings. The van der Waals surface area contributed by atoms with Crippen LogP contribution in [0.2, 0.25) is 0 Å². The van der Waals surface area contributed by atoms with Crippen molar-refractivity contribution in [3.63, 3.8) is 0 Å². The molecule has 0 N–H and O–H groups in total. The van der Waals surface area contributed by atoms with E-state index in [2.05, 4.69) is 0 Å². The molecule has 0 heterocycles. The maximum atomic E-state index is 13.0. The van der Waals surface area contributed by atoms with E-state index in [0.29, 0.717) is 5.56 Å². The van der Waals surface area contributed by atoms with Crippen LogP contribution in [-0.2, 0) is 0 Å². The minimum atomic E-state index is -4.03. The van der Waals surface area contributed by atoms with E-state index in [-0.39, 0.29) is 23.7 Å². The molecule has 0 amide bonds. The van der Waals surface area contributed by atoms with Gasteiger partial charge in [-0.2, -0.15) is 0 Å². The Morgan fingerprint density at radius 1 is 1.10 bits per heavy atom. The lowest BCUT2D eigenvalue weighted by atomic mass is 10.1. The molecule has 0 aliphatic heterocycles. The van der Waals surface area contributed by atoms with E-state index in [1.807, 2.05) is 0 Å². The topological polar surface area (TPSA) is 17.1 Å². The van der Waals surface area contributed by atoms with Gasteiger partial charge < -0.3 is 0 Å². The molecule has 0 radical (unpaired) electrons. The summed E-state index contributed by atoms with van der Waals surface area (Å²) in [5.41, 5.74) is 0.509. The fraction of sp³-hybridized carbons (Fsp3) is 0.500. The highest BCUT2D eigenvalue weighted by Crippen LogP contribution is 2.31. The van der Waals surface area contributed by atoms with Gasteiger partial charge in [0, 0.05) is 17.7 Å². The number of benzene rings is 1. The molecule has 118 valence electrons. The quantitative estimate of drug-likeness (QED) is 0.496. The number of rotatable bonds is 8. The highest BCUT2D eigenvalue weighted by atomic mass is 32.2. The number of alkyl halides is 5. The molecule has 0 spiro atoms. The van der Waals surface area contributed by atoms with E-state index < -0.39 is 24.9 Å².